The van der Waals surface area contributed by atoms with Crippen LogP contribution in [0.5, 0.6) is 0 Å². The first kappa shape index (κ1) is 18.0. The Morgan fingerprint density at radius 1 is 1.23 bits per heavy atom. The topological polar surface area (TPSA) is 67.4 Å². The normalized spacial score (nSPS) is 12.4. The Morgan fingerprint density at radius 3 is 2.41 bits per heavy atom. The third-order valence-corrected chi connectivity index (χ3v) is 3.16. The molecule has 0 bridgehead atoms. The molecule has 1 aromatic rings. The molecule has 0 radical (unpaired) electrons. The summed E-state index contributed by atoms with van der Waals surface area (Å²) in [6, 6.07) is 7.60. The molecule has 5 nitrogen and oxygen atoms in total. The maximum atomic E-state index is 12.3. The number of para-hydroxylation sites is 1. The van der Waals surface area contributed by atoms with Gasteiger partial charge in [0, 0.05) is 12.2 Å². The van der Waals surface area contributed by atoms with Gasteiger partial charge in [0.05, 0.1) is 5.92 Å². The first-order valence-corrected chi connectivity index (χ1v) is 7.56. The van der Waals surface area contributed by atoms with Crippen molar-refractivity contribution in [2.45, 2.75) is 46.6 Å². The molecule has 2 amide bonds. The van der Waals surface area contributed by atoms with E-state index in [9.17, 15) is 9.59 Å². The van der Waals surface area contributed by atoms with Crippen LogP contribution >= 0.6 is 0 Å². The Hall–Kier alpha value is -2.04. The van der Waals surface area contributed by atoms with E-state index in [1.165, 1.54) is 0 Å². The first-order chi connectivity index (χ1) is 10.2. The zero-order valence-electron chi connectivity index (χ0n) is 14.0. The number of nitrogens with one attached hydrogen (secondary N) is 2. The van der Waals surface area contributed by atoms with Gasteiger partial charge in [-0.2, -0.15) is 0 Å². The number of carbonyl (C=O) groups excluding carboxylic acids is 2. The molecule has 5 heteroatoms. The highest BCUT2D eigenvalue weighted by atomic mass is 16.6. The number of hydrogen-bond acceptors (Lipinski definition) is 3. The van der Waals surface area contributed by atoms with Gasteiger partial charge in [0.25, 0.3) is 0 Å². The summed E-state index contributed by atoms with van der Waals surface area (Å²) < 4.78 is 5.17. The fraction of sp³-hybridized carbons (Fsp3) is 0.529. The third-order valence-electron chi connectivity index (χ3n) is 3.16. The predicted octanol–water partition coefficient (Wildman–Crippen LogP) is 3.48. The van der Waals surface area contributed by atoms with Crippen molar-refractivity contribution in [1.29, 1.82) is 0 Å². The van der Waals surface area contributed by atoms with Gasteiger partial charge < -0.3 is 15.4 Å². The van der Waals surface area contributed by atoms with Crippen molar-refractivity contribution >= 4 is 17.7 Å². The van der Waals surface area contributed by atoms with Crippen LogP contribution < -0.4 is 10.6 Å². The molecule has 0 aromatic heterocycles. The van der Waals surface area contributed by atoms with Crippen LogP contribution in [0.4, 0.5) is 10.5 Å². The summed E-state index contributed by atoms with van der Waals surface area (Å²) in [6.45, 7) is 9.51. The first-order valence-electron chi connectivity index (χ1n) is 7.56. The lowest BCUT2D eigenvalue weighted by Gasteiger charge is -2.21. The highest BCUT2D eigenvalue weighted by Gasteiger charge is 2.20. The van der Waals surface area contributed by atoms with Crippen LogP contribution in [-0.4, -0.2) is 24.1 Å². The molecule has 122 valence electrons. The summed E-state index contributed by atoms with van der Waals surface area (Å²) in [5.41, 5.74) is 1.25. The van der Waals surface area contributed by atoms with Gasteiger partial charge in [-0.1, -0.05) is 25.1 Å². The number of hydrogen-bond donors (Lipinski definition) is 2. The standard InChI is InChI=1S/C17H26N2O3/c1-6-13(11-18-16(21)22-17(3,4)5)15(20)19-14-10-8-7-9-12(14)2/h7-10,13H,6,11H2,1-5H3,(H,18,21)(H,19,20). The van der Waals surface area contributed by atoms with E-state index in [-0.39, 0.29) is 18.4 Å². The Morgan fingerprint density at radius 2 is 1.86 bits per heavy atom. The number of ether oxygens (including phenoxy) is 1. The van der Waals surface area contributed by atoms with Crippen LogP contribution in [0.3, 0.4) is 0 Å². The Bertz CT molecular complexity index is 521. The molecule has 22 heavy (non-hydrogen) atoms. The van der Waals surface area contributed by atoms with E-state index in [1.54, 1.807) is 20.8 Å². The predicted molar refractivity (Wildman–Crippen MR) is 87.8 cm³/mol. The van der Waals surface area contributed by atoms with Gasteiger partial charge in [-0.05, 0) is 45.7 Å². The second kappa shape index (κ2) is 7.82. The molecule has 1 unspecified atom stereocenters. The SMILES string of the molecule is CCC(CNC(=O)OC(C)(C)C)C(=O)Nc1ccccc1C. The zero-order valence-corrected chi connectivity index (χ0v) is 14.0. The molecule has 0 aliphatic carbocycles. The molecule has 1 rings (SSSR count). The second-order valence-corrected chi connectivity index (χ2v) is 6.29. The van der Waals surface area contributed by atoms with E-state index < -0.39 is 11.7 Å². The van der Waals surface area contributed by atoms with Gasteiger partial charge in [0.15, 0.2) is 0 Å². The molecular weight excluding hydrogens is 280 g/mol. The van der Waals surface area contributed by atoms with Gasteiger partial charge in [-0.3, -0.25) is 4.79 Å². The smallest absolute Gasteiger partial charge is 0.407 e. The van der Waals surface area contributed by atoms with Crippen molar-refractivity contribution < 1.29 is 14.3 Å². The summed E-state index contributed by atoms with van der Waals surface area (Å²) in [4.78, 5) is 23.9. The van der Waals surface area contributed by atoms with Gasteiger partial charge >= 0.3 is 6.09 Å². The van der Waals surface area contributed by atoms with Crippen molar-refractivity contribution in [3.05, 3.63) is 29.8 Å². The highest BCUT2D eigenvalue weighted by Crippen LogP contribution is 2.15. The summed E-state index contributed by atoms with van der Waals surface area (Å²) in [6.07, 6.45) is 0.127. The molecule has 1 atom stereocenters. The lowest BCUT2D eigenvalue weighted by molar-refractivity contribution is -0.119. The molecule has 0 saturated carbocycles. The van der Waals surface area contributed by atoms with E-state index >= 15 is 0 Å². The molecule has 2 N–H and O–H groups in total. The highest BCUT2D eigenvalue weighted by molar-refractivity contribution is 5.93. The van der Waals surface area contributed by atoms with Crippen LogP contribution in [-0.2, 0) is 9.53 Å². The number of carbonyl (C=O) groups is 2. The molecule has 0 spiro atoms. The Balaban J connectivity index is 2.55. The summed E-state index contributed by atoms with van der Waals surface area (Å²) in [5.74, 6) is -0.403. The molecule has 0 aliphatic heterocycles. The molecule has 0 fully saturated rings. The van der Waals surface area contributed by atoms with E-state index in [0.717, 1.165) is 11.3 Å². The van der Waals surface area contributed by atoms with Crippen LogP contribution in [0.2, 0.25) is 0 Å². The quantitative estimate of drug-likeness (QED) is 0.875. The van der Waals surface area contributed by atoms with Crippen molar-refractivity contribution in [3.63, 3.8) is 0 Å². The number of alkyl carbamates (subject to hydrolysis) is 1. The molecule has 0 heterocycles. The zero-order chi connectivity index (χ0) is 16.8. The van der Waals surface area contributed by atoms with Crippen LogP contribution in [0.1, 0.15) is 39.7 Å². The van der Waals surface area contributed by atoms with Gasteiger partial charge in [0.1, 0.15) is 5.60 Å². The van der Waals surface area contributed by atoms with Crippen molar-refractivity contribution in [3.8, 4) is 0 Å². The summed E-state index contributed by atoms with van der Waals surface area (Å²) >= 11 is 0. The third kappa shape index (κ3) is 6.16. The molecule has 0 aliphatic rings. The largest absolute Gasteiger partial charge is 0.444 e. The van der Waals surface area contributed by atoms with Gasteiger partial charge in [-0.25, -0.2) is 4.79 Å². The average Bonchev–Trinajstić information content (AvgIpc) is 2.40. The molecule has 1 aromatic carbocycles. The Kier molecular flexibility index (Phi) is 6.40. The average molecular weight is 306 g/mol. The number of benzene rings is 1. The summed E-state index contributed by atoms with van der Waals surface area (Å²) in [5, 5.41) is 5.55. The fourth-order valence-electron chi connectivity index (χ4n) is 1.89. The number of rotatable bonds is 5. The van der Waals surface area contributed by atoms with E-state index in [1.807, 2.05) is 38.1 Å². The monoisotopic (exact) mass is 306 g/mol. The molecular formula is C17H26N2O3. The molecule has 0 saturated heterocycles. The minimum atomic E-state index is -0.546. The fourth-order valence-corrected chi connectivity index (χ4v) is 1.89. The lowest BCUT2D eigenvalue weighted by atomic mass is 10.1. The van der Waals surface area contributed by atoms with Gasteiger partial charge in [-0.15, -0.1) is 0 Å². The van der Waals surface area contributed by atoms with E-state index in [2.05, 4.69) is 10.6 Å². The minimum Gasteiger partial charge on any atom is -0.444 e. The Labute approximate surface area is 132 Å². The van der Waals surface area contributed by atoms with E-state index in [0.29, 0.717) is 6.42 Å². The van der Waals surface area contributed by atoms with Crippen LogP contribution in [0.15, 0.2) is 24.3 Å². The summed E-state index contributed by atoms with van der Waals surface area (Å²) in [7, 11) is 0. The van der Waals surface area contributed by atoms with Crippen LogP contribution in [0.25, 0.3) is 0 Å². The maximum Gasteiger partial charge on any atom is 0.407 e. The second-order valence-electron chi connectivity index (χ2n) is 6.29. The van der Waals surface area contributed by atoms with E-state index in [4.69, 9.17) is 4.74 Å². The number of amides is 2. The van der Waals surface area contributed by atoms with Crippen molar-refractivity contribution in [2.24, 2.45) is 5.92 Å². The van der Waals surface area contributed by atoms with Crippen LogP contribution in [0, 0.1) is 12.8 Å². The minimum absolute atomic E-state index is 0.104. The number of anilines is 1. The van der Waals surface area contributed by atoms with Crippen molar-refractivity contribution in [2.75, 3.05) is 11.9 Å². The lowest BCUT2D eigenvalue weighted by Crippen LogP contribution is -2.38. The maximum absolute atomic E-state index is 12.3. The number of aryl methyl sites for hydroxylation is 1. The van der Waals surface area contributed by atoms with Gasteiger partial charge in [0.2, 0.25) is 5.91 Å². The van der Waals surface area contributed by atoms with Crippen molar-refractivity contribution in [1.82, 2.24) is 5.32 Å².